The third-order valence-electron chi connectivity index (χ3n) is 2.23. The first-order chi connectivity index (χ1) is 7.89. The standard InChI is InChI=1S/C10H7F3N2O2/c11-10(12,13)7-2-1-3-8-14-5-6(15(7)8)4-9(16)17/h1-3,5H,4H2,(H,16,17). The Morgan fingerprint density at radius 1 is 1.41 bits per heavy atom. The molecule has 1 N–H and O–H groups in total. The fraction of sp³-hybridized carbons (Fsp3) is 0.200. The fourth-order valence-electron chi connectivity index (χ4n) is 1.60. The summed E-state index contributed by atoms with van der Waals surface area (Å²) < 4.78 is 39.0. The molecule has 0 saturated heterocycles. The SMILES string of the molecule is O=C(O)Cc1cnc2cccc(C(F)(F)F)n12. The van der Waals surface area contributed by atoms with Crippen molar-refractivity contribution < 1.29 is 23.1 Å². The zero-order chi connectivity index (χ0) is 12.6. The number of pyridine rings is 1. The van der Waals surface area contributed by atoms with Crippen LogP contribution in [0.1, 0.15) is 11.4 Å². The van der Waals surface area contributed by atoms with Gasteiger partial charge in [-0.25, -0.2) is 4.98 Å². The van der Waals surface area contributed by atoms with Crippen LogP contribution in [-0.4, -0.2) is 20.5 Å². The molecule has 90 valence electrons. The zero-order valence-corrected chi connectivity index (χ0v) is 8.40. The summed E-state index contributed by atoms with van der Waals surface area (Å²) in [6.45, 7) is 0. The predicted molar refractivity (Wildman–Crippen MR) is 51.5 cm³/mol. The first kappa shape index (κ1) is 11.4. The van der Waals surface area contributed by atoms with Gasteiger partial charge in [0, 0.05) is 6.20 Å². The van der Waals surface area contributed by atoms with E-state index in [-0.39, 0.29) is 11.3 Å². The maximum Gasteiger partial charge on any atom is 0.431 e. The highest BCUT2D eigenvalue weighted by molar-refractivity contribution is 5.70. The van der Waals surface area contributed by atoms with Gasteiger partial charge in [0.1, 0.15) is 11.3 Å². The number of aliphatic carboxylic acids is 1. The van der Waals surface area contributed by atoms with Crippen molar-refractivity contribution in [2.24, 2.45) is 0 Å². The van der Waals surface area contributed by atoms with E-state index in [4.69, 9.17) is 5.11 Å². The largest absolute Gasteiger partial charge is 0.481 e. The lowest BCUT2D eigenvalue weighted by atomic mass is 10.3. The van der Waals surface area contributed by atoms with E-state index < -0.39 is 24.3 Å². The molecule has 7 heteroatoms. The topological polar surface area (TPSA) is 54.6 Å². The van der Waals surface area contributed by atoms with Gasteiger partial charge in [-0.05, 0) is 12.1 Å². The smallest absolute Gasteiger partial charge is 0.431 e. The van der Waals surface area contributed by atoms with E-state index in [2.05, 4.69) is 4.98 Å². The molecule has 0 radical (unpaired) electrons. The van der Waals surface area contributed by atoms with Gasteiger partial charge in [0.25, 0.3) is 0 Å². The van der Waals surface area contributed by atoms with Crippen molar-refractivity contribution in [2.45, 2.75) is 12.6 Å². The Balaban J connectivity index is 2.68. The maximum atomic E-state index is 12.7. The van der Waals surface area contributed by atoms with Gasteiger partial charge in [0.2, 0.25) is 0 Å². The molecule has 0 atom stereocenters. The summed E-state index contributed by atoms with van der Waals surface area (Å²) in [5.41, 5.74) is -0.847. The van der Waals surface area contributed by atoms with Gasteiger partial charge in [-0.1, -0.05) is 6.07 Å². The molecule has 0 amide bonds. The summed E-state index contributed by atoms with van der Waals surface area (Å²) >= 11 is 0. The fourth-order valence-corrected chi connectivity index (χ4v) is 1.60. The third-order valence-corrected chi connectivity index (χ3v) is 2.23. The highest BCUT2D eigenvalue weighted by Gasteiger charge is 2.34. The number of hydrogen-bond donors (Lipinski definition) is 1. The second-order valence-electron chi connectivity index (χ2n) is 3.42. The van der Waals surface area contributed by atoms with E-state index in [9.17, 15) is 18.0 Å². The van der Waals surface area contributed by atoms with E-state index in [0.29, 0.717) is 0 Å². The monoisotopic (exact) mass is 244 g/mol. The summed E-state index contributed by atoms with van der Waals surface area (Å²) in [4.78, 5) is 14.3. The summed E-state index contributed by atoms with van der Waals surface area (Å²) in [5, 5.41) is 8.62. The lowest BCUT2D eigenvalue weighted by Gasteiger charge is -2.10. The summed E-state index contributed by atoms with van der Waals surface area (Å²) in [6, 6.07) is 3.51. The third kappa shape index (κ3) is 2.08. The predicted octanol–water partition coefficient (Wildman–Crippen LogP) is 1.98. The van der Waals surface area contributed by atoms with Crippen molar-refractivity contribution in [1.82, 2.24) is 9.38 Å². The van der Waals surface area contributed by atoms with Gasteiger partial charge in [-0.2, -0.15) is 13.2 Å². The van der Waals surface area contributed by atoms with Crippen LogP contribution in [0.25, 0.3) is 5.65 Å². The van der Waals surface area contributed by atoms with Gasteiger partial charge in [-0.3, -0.25) is 9.20 Å². The van der Waals surface area contributed by atoms with E-state index >= 15 is 0 Å². The molecule has 4 nitrogen and oxygen atoms in total. The number of hydrogen-bond acceptors (Lipinski definition) is 2. The summed E-state index contributed by atoms with van der Waals surface area (Å²) in [6.07, 6.45) is -3.92. The number of fused-ring (bicyclic) bond motifs is 1. The Labute approximate surface area is 93.3 Å². The van der Waals surface area contributed by atoms with E-state index in [1.807, 2.05) is 0 Å². The molecule has 0 aliphatic rings. The second kappa shape index (κ2) is 3.76. The van der Waals surface area contributed by atoms with Crippen LogP contribution in [-0.2, 0) is 17.4 Å². The van der Waals surface area contributed by atoms with Crippen molar-refractivity contribution in [3.05, 3.63) is 35.8 Å². The average Bonchev–Trinajstić information content (AvgIpc) is 2.59. The Hall–Kier alpha value is -2.05. The number of halogens is 3. The minimum absolute atomic E-state index is 0.000394. The highest BCUT2D eigenvalue weighted by Crippen LogP contribution is 2.30. The number of carbonyl (C=O) groups is 1. The number of nitrogens with zero attached hydrogens (tertiary/aromatic N) is 2. The van der Waals surface area contributed by atoms with Crippen molar-refractivity contribution in [3.8, 4) is 0 Å². The van der Waals surface area contributed by atoms with Crippen LogP contribution in [0.2, 0.25) is 0 Å². The molecule has 17 heavy (non-hydrogen) atoms. The van der Waals surface area contributed by atoms with Gasteiger partial charge in [-0.15, -0.1) is 0 Å². The first-order valence-corrected chi connectivity index (χ1v) is 4.64. The lowest BCUT2D eigenvalue weighted by Crippen LogP contribution is -2.14. The van der Waals surface area contributed by atoms with E-state index in [1.54, 1.807) is 0 Å². The molecule has 2 aromatic heterocycles. The van der Waals surface area contributed by atoms with Crippen molar-refractivity contribution in [3.63, 3.8) is 0 Å². The quantitative estimate of drug-likeness (QED) is 0.878. The van der Waals surface area contributed by atoms with Crippen molar-refractivity contribution in [2.75, 3.05) is 0 Å². The molecule has 2 heterocycles. The number of aromatic nitrogens is 2. The second-order valence-corrected chi connectivity index (χ2v) is 3.42. The molecule has 2 aromatic rings. The zero-order valence-electron chi connectivity index (χ0n) is 8.40. The molecule has 0 saturated carbocycles. The van der Waals surface area contributed by atoms with Gasteiger partial charge in [0.15, 0.2) is 0 Å². The van der Waals surface area contributed by atoms with Crippen LogP contribution in [0.15, 0.2) is 24.4 Å². The molecule has 0 spiro atoms. The maximum absolute atomic E-state index is 12.7. The lowest BCUT2D eigenvalue weighted by molar-refractivity contribution is -0.142. The van der Waals surface area contributed by atoms with Crippen LogP contribution in [0.3, 0.4) is 0 Å². The number of carboxylic acids is 1. The van der Waals surface area contributed by atoms with E-state index in [1.165, 1.54) is 12.1 Å². The normalized spacial score (nSPS) is 11.9. The van der Waals surface area contributed by atoms with Crippen LogP contribution >= 0.6 is 0 Å². The molecule has 0 fully saturated rings. The summed E-state index contributed by atoms with van der Waals surface area (Å²) in [7, 11) is 0. The molecular weight excluding hydrogens is 237 g/mol. The number of alkyl halides is 3. The highest BCUT2D eigenvalue weighted by atomic mass is 19.4. The average molecular weight is 244 g/mol. The first-order valence-electron chi connectivity index (χ1n) is 4.64. The van der Waals surface area contributed by atoms with Crippen molar-refractivity contribution >= 4 is 11.6 Å². The molecular formula is C10H7F3N2O2. The number of imidazole rings is 1. The number of rotatable bonds is 2. The Morgan fingerprint density at radius 3 is 2.71 bits per heavy atom. The minimum atomic E-state index is -4.55. The summed E-state index contributed by atoms with van der Waals surface area (Å²) in [5.74, 6) is -1.20. The van der Waals surface area contributed by atoms with Crippen molar-refractivity contribution in [1.29, 1.82) is 0 Å². The Bertz CT molecular complexity index is 574. The Kier molecular flexibility index (Phi) is 2.53. The molecule has 0 aliphatic heterocycles. The Morgan fingerprint density at radius 2 is 2.12 bits per heavy atom. The van der Waals surface area contributed by atoms with Gasteiger partial charge >= 0.3 is 12.1 Å². The van der Waals surface area contributed by atoms with Crippen LogP contribution in [0, 0.1) is 0 Å². The van der Waals surface area contributed by atoms with Crippen LogP contribution in [0.4, 0.5) is 13.2 Å². The molecule has 0 unspecified atom stereocenters. The molecule has 2 rings (SSSR count). The van der Waals surface area contributed by atoms with Gasteiger partial charge in [0.05, 0.1) is 12.1 Å². The molecule has 0 aliphatic carbocycles. The number of carboxylic acid groups (broad SMARTS) is 1. The van der Waals surface area contributed by atoms with Crippen LogP contribution in [0.5, 0.6) is 0 Å². The molecule has 0 aromatic carbocycles. The van der Waals surface area contributed by atoms with Gasteiger partial charge < -0.3 is 5.11 Å². The van der Waals surface area contributed by atoms with Crippen LogP contribution < -0.4 is 0 Å². The molecule has 0 bridgehead atoms. The minimum Gasteiger partial charge on any atom is -0.481 e. The van der Waals surface area contributed by atoms with E-state index in [0.717, 1.165) is 16.7 Å².